The van der Waals surface area contributed by atoms with Crippen LogP contribution in [0.15, 0.2) is 30.5 Å². The number of halogens is 1. The molecule has 0 bridgehead atoms. The van der Waals surface area contributed by atoms with E-state index in [1.54, 1.807) is 12.3 Å². The van der Waals surface area contributed by atoms with E-state index in [0.717, 1.165) is 24.2 Å². The molecule has 0 aliphatic carbocycles. The van der Waals surface area contributed by atoms with Gasteiger partial charge >= 0.3 is 0 Å². The molecule has 1 aliphatic heterocycles. The van der Waals surface area contributed by atoms with Crippen molar-refractivity contribution in [1.82, 2.24) is 9.88 Å². The van der Waals surface area contributed by atoms with Gasteiger partial charge in [0.05, 0.1) is 5.52 Å². The van der Waals surface area contributed by atoms with Crippen molar-refractivity contribution >= 4 is 16.6 Å². The maximum atomic E-state index is 13.2. The molecule has 106 valence electrons. The normalized spacial score (nSPS) is 20.2. The van der Waals surface area contributed by atoms with Crippen molar-refractivity contribution < 1.29 is 4.39 Å². The first kappa shape index (κ1) is 13.3. The molecule has 0 amide bonds. The van der Waals surface area contributed by atoms with Gasteiger partial charge in [-0.2, -0.15) is 0 Å². The summed E-state index contributed by atoms with van der Waals surface area (Å²) in [6.07, 6.45) is 4.28. The molecule has 1 N–H and O–H groups in total. The minimum absolute atomic E-state index is 0.240. The zero-order valence-corrected chi connectivity index (χ0v) is 11.8. The Hall–Kier alpha value is -1.68. The number of hydrogen-bond donors (Lipinski definition) is 1. The lowest BCUT2D eigenvalue weighted by Gasteiger charge is -2.30. The molecular formula is C16H20FN3. The highest BCUT2D eigenvalue weighted by Crippen LogP contribution is 2.23. The summed E-state index contributed by atoms with van der Waals surface area (Å²) in [4.78, 5) is 6.61. The molecule has 1 fully saturated rings. The highest BCUT2D eigenvalue weighted by atomic mass is 19.1. The van der Waals surface area contributed by atoms with Gasteiger partial charge in [-0.25, -0.2) is 4.39 Å². The fourth-order valence-electron chi connectivity index (χ4n) is 2.97. The smallest absolute Gasteiger partial charge is 0.125 e. The summed E-state index contributed by atoms with van der Waals surface area (Å²) in [5.74, 6) is 0.438. The third-order valence-electron chi connectivity index (χ3n) is 4.01. The lowest BCUT2D eigenvalue weighted by Crippen LogP contribution is -2.35. The Balaban J connectivity index is 1.74. The number of rotatable bonds is 3. The van der Waals surface area contributed by atoms with Crippen LogP contribution in [0.4, 0.5) is 10.1 Å². The molecule has 1 unspecified atom stereocenters. The van der Waals surface area contributed by atoms with Gasteiger partial charge in [-0.1, -0.05) is 0 Å². The highest BCUT2D eigenvalue weighted by Gasteiger charge is 2.17. The lowest BCUT2D eigenvalue weighted by atomic mass is 9.98. The number of benzene rings is 1. The molecular weight excluding hydrogens is 253 g/mol. The van der Waals surface area contributed by atoms with Gasteiger partial charge in [0.2, 0.25) is 0 Å². The Bertz CT molecular complexity index is 599. The van der Waals surface area contributed by atoms with Crippen LogP contribution < -0.4 is 5.32 Å². The first-order valence-electron chi connectivity index (χ1n) is 7.19. The molecule has 0 radical (unpaired) electrons. The molecule has 1 aromatic heterocycles. The van der Waals surface area contributed by atoms with E-state index in [-0.39, 0.29) is 5.82 Å². The molecule has 2 heterocycles. The number of nitrogens with one attached hydrogen (secondary N) is 1. The van der Waals surface area contributed by atoms with Crippen LogP contribution in [0.25, 0.3) is 10.9 Å². The molecule has 1 saturated heterocycles. The predicted octanol–water partition coefficient (Wildman–Crippen LogP) is 3.13. The number of fused-ring (bicyclic) bond motifs is 1. The summed E-state index contributed by atoms with van der Waals surface area (Å²) in [6.45, 7) is 3.30. The third-order valence-corrected chi connectivity index (χ3v) is 4.01. The third kappa shape index (κ3) is 2.90. The van der Waals surface area contributed by atoms with Crippen molar-refractivity contribution in [2.75, 3.05) is 32.0 Å². The zero-order valence-electron chi connectivity index (χ0n) is 11.8. The minimum Gasteiger partial charge on any atom is -0.384 e. The van der Waals surface area contributed by atoms with Crippen molar-refractivity contribution in [3.05, 3.63) is 36.3 Å². The molecule has 2 aromatic rings. The summed E-state index contributed by atoms with van der Waals surface area (Å²) in [5, 5.41) is 4.49. The Morgan fingerprint density at radius 1 is 1.40 bits per heavy atom. The second-order valence-electron chi connectivity index (χ2n) is 5.67. The summed E-state index contributed by atoms with van der Waals surface area (Å²) in [5.41, 5.74) is 1.75. The SMILES string of the molecule is CN1CCCC(CNc2ccnc3cc(F)ccc23)C1. The number of hydrogen-bond acceptors (Lipinski definition) is 3. The maximum absolute atomic E-state index is 13.2. The zero-order chi connectivity index (χ0) is 13.9. The average molecular weight is 273 g/mol. The van der Waals surface area contributed by atoms with Gasteiger partial charge in [-0.15, -0.1) is 0 Å². The standard InChI is InChI=1S/C16H20FN3/c1-20-8-2-3-12(11-20)10-19-15-6-7-18-16-9-13(17)4-5-14(15)16/h4-7,9,12H,2-3,8,10-11H2,1H3,(H,18,19). The van der Waals surface area contributed by atoms with Gasteiger partial charge < -0.3 is 10.2 Å². The van der Waals surface area contributed by atoms with Crippen molar-refractivity contribution in [2.45, 2.75) is 12.8 Å². The number of aromatic nitrogens is 1. The first-order chi connectivity index (χ1) is 9.72. The Morgan fingerprint density at radius 2 is 2.30 bits per heavy atom. The largest absolute Gasteiger partial charge is 0.384 e. The Labute approximate surface area is 118 Å². The van der Waals surface area contributed by atoms with Crippen LogP contribution in [0.1, 0.15) is 12.8 Å². The lowest BCUT2D eigenvalue weighted by molar-refractivity contribution is 0.217. The van der Waals surface area contributed by atoms with Crippen LogP contribution in [0.5, 0.6) is 0 Å². The van der Waals surface area contributed by atoms with Crippen LogP contribution in [0.3, 0.4) is 0 Å². The van der Waals surface area contributed by atoms with E-state index < -0.39 is 0 Å². The summed E-state index contributed by atoms with van der Waals surface area (Å²) in [6, 6.07) is 6.73. The summed E-state index contributed by atoms with van der Waals surface area (Å²) >= 11 is 0. The average Bonchev–Trinajstić information content (AvgIpc) is 2.44. The fourth-order valence-corrected chi connectivity index (χ4v) is 2.97. The van der Waals surface area contributed by atoms with Gasteiger partial charge in [0.25, 0.3) is 0 Å². The van der Waals surface area contributed by atoms with Crippen LogP contribution in [-0.4, -0.2) is 36.6 Å². The number of pyridine rings is 1. The van der Waals surface area contributed by atoms with Gasteiger partial charge in [0.1, 0.15) is 5.82 Å². The number of nitrogens with zero attached hydrogens (tertiary/aromatic N) is 2. The summed E-state index contributed by atoms with van der Waals surface area (Å²) < 4.78 is 13.2. The highest BCUT2D eigenvalue weighted by molar-refractivity contribution is 5.90. The number of anilines is 1. The predicted molar refractivity (Wildman–Crippen MR) is 80.4 cm³/mol. The molecule has 4 heteroatoms. The molecule has 1 atom stereocenters. The molecule has 0 spiro atoms. The monoisotopic (exact) mass is 273 g/mol. The Morgan fingerprint density at radius 3 is 3.15 bits per heavy atom. The quantitative estimate of drug-likeness (QED) is 0.931. The summed E-state index contributed by atoms with van der Waals surface area (Å²) in [7, 11) is 2.18. The van der Waals surface area contributed by atoms with E-state index >= 15 is 0 Å². The van der Waals surface area contributed by atoms with Crippen molar-refractivity contribution in [3.63, 3.8) is 0 Å². The van der Waals surface area contributed by atoms with Gasteiger partial charge in [0, 0.05) is 36.4 Å². The van der Waals surface area contributed by atoms with E-state index in [2.05, 4.69) is 22.2 Å². The Kier molecular flexibility index (Phi) is 3.83. The van der Waals surface area contributed by atoms with Crippen molar-refractivity contribution in [1.29, 1.82) is 0 Å². The number of likely N-dealkylation sites (tertiary alicyclic amines) is 1. The van der Waals surface area contributed by atoms with E-state index in [1.807, 2.05) is 6.07 Å². The number of piperidine rings is 1. The van der Waals surface area contributed by atoms with E-state index in [1.165, 1.54) is 31.5 Å². The van der Waals surface area contributed by atoms with Crippen LogP contribution >= 0.6 is 0 Å². The molecule has 1 aliphatic rings. The van der Waals surface area contributed by atoms with Gasteiger partial charge in [-0.3, -0.25) is 4.98 Å². The van der Waals surface area contributed by atoms with Crippen LogP contribution in [0.2, 0.25) is 0 Å². The van der Waals surface area contributed by atoms with E-state index in [0.29, 0.717) is 11.4 Å². The van der Waals surface area contributed by atoms with Crippen molar-refractivity contribution in [3.8, 4) is 0 Å². The molecule has 1 aromatic carbocycles. The molecule has 20 heavy (non-hydrogen) atoms. The first-order valence-corrected chi connectivity index (χ1v) is 7.19. The molecule has 3 rings (SSSR count). The van der Waals surface area contributed by atoms with Crippen molar-refractivity contribution in [2.24, 2.45) is 5.92 Å². The second kappa shape index (κ2) is 5.75. The van der Waals surface area contributed by atoms with E-state index in [9.17, 15) is 4.39 Å². The topological polar surface area (TPSA) is 28.2 Å². The molecule has 0 saturated carbocycles. The van der Waals surface area contributed by atoms with Crippen LogP contribution in [0, 0.1) is 11.7 Å². The van der Waals surface area contributed by atoms with Crippen LogP contribution in [-0.2, 0) is 0 Å². The van der Waals surface area contributed by atoms with Gasteiger partial charge in [-0.05, 0) is 50.6 Å². The second-order valence-corrected chi connectivity index (χ2v) is 5.67. The molecule has 3 nitrogen and oxygen atoms in total. The fraction of sp³-hybridized carbons (Fsp3) is 0.438. The van der Waals surface area contributed by atoms with Gasteiger partial charge in [0.15, 0.2) is 0 Å². The van der Waals surface area contributed by atoms with E-state index in [4.69, 9.17) is 0 Å². The maximum Gasteiger partial charge on any atom is 0.125 e. The minimum atomic E-state index is -0.240.